The van der Waals surface area contributed by atoms with Crippen LogP contribution in [0.25, 0.3) is 10.8 Å². The van der Waals surface area contributed by atoms with Crippen LogP contribution in [0.4, 0.5) is 11.4 Å². The molecule has 0 amide bonds. The second kappa shape index (κ2) is 5.65. The number of para-hydroxylation sites is 1. The number of nitro benzene ring substituents is 1. The Balaban J connectivity index is 1.96. The molecular weight excluding hydrogens is 280 g/mol. The summed E-state index contributed by atoms with van der Waals surface area (Å²) in [7, 11) is 0. The van der Waals surface area contributed by atoms with Crippen LogP contribution < -0.4 is 0 Å². The smallest absolute Gasteiger partial charge is 0.311 e. The molecule has 0 aliphatic carbocycles. The van der Waals surface area contributed by atoms with E-state index in [9.17, 15) is 15.2 Å². The molecule has 0 fully saturated rings. The van der Waals surface area contributed by atoms with Crippen molar-refractivity contribution in [3.8, 4) is 5.75 Å². The van der Waals surface area contributed by atoms with Gasteiger partial charge in [0, 0.05) is 17.8 Å². The minimum Gasteiger partial charge on any atom is -0.502 e. The number of fused-ring (bicyclic) bond motifs is 1. The molecule has 3 rings (SSSR count). The average molecular weight is 292 g/mol. The molecule has 0 aliphatic heterocycles. The summed E-state index contributed by atoms with van der Waals surface area (Å²) in [4.78, 5) is 14.5. The Morgan fingerprint density at radius 3 is 2.55 bits per heavy atom. The van der Waals surface area contributed by atoms with Crippen molar-refractivity contribution < 1.29 is 10.0 Å². The molecular formula is C17H12N2O3. The third-order valence-electron chi connectivity index (χ3n) is 3.33. The third-order valence-corrected chi connectivity index (χ3v) is 3.33. The van der Waals surface area contributed by atoms with E-state index in [0.717, 1.165) is 10.8 Å². The summed E-state index contributed by atoms with van der Waals surface area (Å²) in [5, 5.41) is 22.8. The van der Waals surface area contributed by atoms with Crippen LogP contribution in [0.5, 0.6) is 5.75 Å². The summed E-state index contributed by atoms with van der Waals surface area (Å²) < 4.78 is 0. The molecule has 5 nitrogen and oxygen atoms in total. The molecule has 0 spiro atoms. The van der Waals surface area contributed by atoms with Gasteiger partial charge in [-0.1, -0.05) is 36.4 Å². The molecule has 0 heterocycles. The van der Waals surface area contributed by atoms with Crippen LogP contribution in [0, 0.1) is 10.1 Å². The molecule has 1 N–H and O–H groups in total. The largest absolute Gasteiger partial charge is 0.502 e. The first-order chi connectivity index (χ1) is 10.6. The Morgan fingerprint density at radius 1 is 1.00 bits per heavy atom. The van der Waals surface area contributed by atoms with Crippen LogP contribution in [0.2, 0.25) is 0 Å². The van der Waals surface area contributed by atoms with Crippen molar-refractivity contribution in [2.75, 3.05) is 0 Å². The summed E-state index contributed by atoms with van der Waals surface area (Å²) in [6.07, 6.45) is 1.42. The SMILES string of the molecule is O=[N+]([O-])c1cccc(C=Nc2ccc3ccccc3c2)c1O. The first-order valence-electron chi connectivity index (χ1n) is 6.64. The quantitative estimate of drug-likeness (QED) is 0.446. The third kappa shape index (κ3) is 2.64. The standard InChI is InChI=1S/C17H12N2O3/c20-17-14(6-3-7-16(17)19(21)22)11-18-15-9-8-12-4-1-2-5-13(12)10-15/h1-11,20H. The lowest BCUT2D eigenvalue weighted by atomic mass is 10.1. The number of phenols is 1. The van der Waals surface area contributed by atoms with E-state index in [0.29, 0.717) is 11.3 Å². The molecule has 108 valence electrons. The van der Waals surface area contributed by atoms with Crippen molar-refractivity contribution in [2.24, 2.45) is 4.99 Å². The maximum absolute atomic E-state index is 10.8. The van der Waals surface area contributed by atoms with Gasteiger partial charge in [0.1, 0.15) is 0 Å². The normalized spacial score (nSPS) is 11.1. The lowest BCUT2D eigenvalue weighted by Gasteiger charge is -2.01. The van der Waals surface area contributed by atoms with E-state index in [-0.39, 0.29) is 11.4 Å². The maximum atomic E-state index is 10.8. The molecule has 3 aromatic carbocycles. The molecule has 0 unspecified atom stereocenters. The summed E-state index contributed by atoms with van der Waals surface area (Å²) in [6.45, 7) is 0. The van der Waals surface area contributed by atoms with E-state index in [4.69, 9.17) is 0 Å². The Labute approximate surface area is 126 Å². The molecule has 0 aliphatic rings. The Morgan fingerprint density at radius 2 is 1.77 bits per heavy atom. The van der Waals surface area contributed by atoms with Gasteiger partial charge in [-0.15, -0.1) is 0 Å². The summed E-state index contributed by atoms with van der Waals surface area (Å²) in [5.41, 5.74) is 0.689. The molecule has 5 heteroatoms. The number of phenolic OH excluding ortho intramolecular Hbond substituents is 1. The topological polar surface area (TPSA) is 75.7 Å². The predicted molar refractivity (Wildman–Crippen MR) is 86.0 cm³/mol. The summed E-state index contributed by atoms with van der Waals surface area (Å²) >= 11 is 0. The fourth-order valence-corrected chi connectivity index (χ4v) is 2.20. The van der Waals surface area contributed by atoms with Gasteiger partial charge in [-0.25, -0.2) is 0 Å². The van der Waals surface area contributed by atoms with Crippen molar-refractivity contribution in [3.63, 3.8) is 0 Å². The van der Waals surface area contributed by atoms with Gasteiger partial charge in [0.05, 0.1) is 10.6 Å². The van der Waals surface area contributed by atoms with Gasteiger partial charge in [-0.05, 0) is 29.0 Å². The number of rotatable bonds is 3. The molecule has 0 saturated carbocycles. The second-order valence-electron chi connectivity index (χ2n) is 4.76. The number of benzene rings is 3. The van der Waals surface area contributed by atoms with Gasteiger partial charge in [0.2, 0.25) is 5.75 Å². The van der Waals surface area contributed by atoms with Crippen molar-refractivity contribution in [2.45, 2.75) is 0 Å². The molecule has 0 saturated heterocycles. The minimum absolute atomic E-state index is 0.308. The Kier molecular flexibility index (Phi) is 3.53. The fraction of sp³-hybridized carbons (Fsp3) is 0. The zero-order valence-corrected chi connectivity index (χ0v) is 11.5. The average Bonchev–Trinajstić information content (AvgIpc) is 2.53. The first kappa shape index (κ1) is 13.8. The molecule has 22 heavy (non-hydrogen) atoms. The van der Waals surface area contributed by atoms with Gasteiger partial charge in [0.25, 0.3) is 0 Å². The van der Waals surface area contributed by atoms with Crippen molar-refractivity contribution in [3.05, 3.63) is 76.3 Å². The van der Waals surface area contributed by atoms with E-state index in [2.05, 4.69) is 4.99 Å². The lowest BCUT2D eigenvalue weighted by Crippen LogP contribution is -1.91. The van der Waals surface area contributed by atoms with Crippen LogP contribution in [0.1, 0.15) is 5.56 Å². The highest BCUT2D eigenvalue weighted by Crippen LogP contribution is 2.28. The highest BCUT2D eigenvalue weighted by atomic mass is 16.6. The van der Waals surface area contributed by atoms with Gasteiger partial charge in [-0.3, -0.25) is 15.1 Å². The number of nitro groups is 1. The number of nitrogens with zero attached hydrogens (tertiary/aromatic N) is 2. The highest BCUT2D eigenvalue weighted by Gasteiger charge is 2.14. The molecule has 0 aromatic heterocycles. The zero-order chi connectivity index (χ0) is 15.5. The van der Waals surface area contributed by atoms with Gasteiger partial charge < -0.3 is 5.11 Å². The van der Waals surface area contributed by atoms with Crippen molar-refractivity contribution in [1.82, 2.24) is 0 Å². The molecule has 0 bridgehead atoms. The van der Waals surface area contributed by atoms with Gasteiger partial charge >= 0.3 is 5.69 Å². The van der Waals surface area contributed by atoms with Crippen LogP contribution in [0.15, 0.2) is 65.7 Å². The molecule has 0 radical (unpaired) electrons. The fourth-order valence-electron chi connectivity index (χ4n) is 2.20. The second-order valence-corrected chi connectivity index (χ2v) is 4.76. The number of hydrogen-bond acceptors (Lipinski definition) is 4. The van der Waals surface area contributed by atoms with Crippen LogP contribution in [0.3, 0.4) is 0 Å². The van der Waals surface area contributed by atoms with E-state index < -0.39 is 4.92 Å². The van der Waals surface area contributed by atoms with E-state index in [1.54, 1.807) is 6.07 Å². The molecule has 3 aromatic rings. The Bertz CT molecular complexity index is 888. The molecule has 0 atom stereocenters. The Hall–Kier alpha value is -3.21. The summed E-state index contributed by atoms with van der Waals surface area (Å²) in [5.74, 6) is -0.378. The highest BCUT2D eigenvalue weighted by molar-refractivity contribution is 5.89. The number of hydrogen-bond donors (Lipinski definition) is 1. The van der Waals surface area contributed by atoms with Crippen molar-refractivity contribution >= 4 is 28.4 Å². The van der Waals surface area contributed by atoms with Crippen LogP contribution in [-0.4, -0.2) is 16.2 Å². The predicted octanol–water partition coefficient (Wildman–Crippen LogP) is 4.20. The minimum atomic E-state index is -0.622. The maximum Gasteiger partial charge on any atom is 0.311 e. The number of aromatic hydroxyl groups is 1. The van der Waals surface area contributed by atoms with Gasteiger partial charge in [-0.2, -0.15) is 0 Å². The lowest BCUT2D eigenvalue weighted by molar-refractivity contribution is -0.385. The van der Waals surface area contributed by atoms with Crippen LogP contribution in [-0.2, 0) is 0 Å². The monoisotopic (exact) mass is 292 g/mol. The van der Waals surface area contributed by atoms with E-state index in [1.165, 1.54) is 18.3 Å². The van der Waals surface area contributed by atoms with Crippen LogP contribution >= 0.6 is 0 Å². The van der Waals surface area contributed by atoms with E-state index >= 15 is 0 Å². The first-order valence-corrected chi connectivity index (χ1v) is 6.64. The zero-order valence-electron chi connectivity index (χ0n) is 11.5. The van der Waals surface area contributed by atoms with E-state index in [1.807, 2.05) is 42.5 Å². The summed E-state index contributed by atoms with van der Waals surface area (Å²) in [6, 6.07) is 18.0. The van der Waals surface area contributed by atoms with Crippen molar-refractivity contribution in [1.29, 1.82) is 0 Å². The van der Waals surface area contributed by atoms with Gasteiger partial charge in [0.15, 0.2) is 0 Å². The number of aliphatic imine (C=N–C) groups is 1.